The van der Waals surface area contributed by atoms with Crippen LogP contribution in [-0.2, 0) is 6.42 Å². The summed E-state index contributed by atoms with van der Waals surface area (Å²) < 4.78 is 0. The molecule has 0 aliphatic carbocycles. The van der Waals surface area contributed by atoms with E-state index in [-0.39, 0.29) is 5.92 Å². The summed E-state index contributed by atoms with van der Waals surface area (Å²) in [4.78, 5) is 0. The first-order valence-corrected chi connectivity index (χ1v) is 6.32. The van der Waals surface area contributed by atoms with Crippen molar-refractivity contribution in [2.75, 3.05) is 0 Å². The van der Waals surface area contributed by atoms with E-state index in [0.717, 1.165) is 18.4 Å². The van der Waals surface area contributed by atoms with Crippen LogP contribution in [0.3, 0.4) is 0 Å². The van der Waals surface area contributed by atoms with E-state index in [9.17, 15) is 10.4 Å². The molecule has 2 heteroatoms. The summed E-state index contributed by atoms with van der Waals surface area (Å²) in [5, 5.41) is 19.8. The molecule has 92 valence electrons. The number of benzene rings is 1. The van der Waals surface area contributed by atoms with Crippen molar-refractivity contribution in [3.63, 3.8) is 0 Å². The monoisotopic (exact) mass is 231 g/mol. The fraction of sp³-hybridized carbons (Fsp3) is 0.533. The summed E-state index contributed by atoms with van der Waals surface area (Å²) in [6.07, 6.45) is 2.85. The van der Waals surface area contributed by atoms with Crippen LogP contribution in [0.25, 0.3) is 0 Å². The average Bonchev–Trinajstić information content (AvgIpc) is 2.37. The Hall–Kier alpha value is -1.33. The van der Waals surface area contributed by atoms with Gasteiger partial charge in [-0.15, -0.1) is 0 Å². The standard InChI is InChI=1S/C15H21NO/c1-3-8-14(12-16)15(17,4-2)11-13-9-6-5-7-10-13/h5-7,9-10,14,17H,3-4,8,11H2,1-2H3. The second-order valence-electron chi connectivity index (χ2n) is 4.59. The fourth-order valence-corrected chi connectivity index (χ4v) is 2.19. The molecule has 0 aliphatic rings. The van der Waals surface area contributed by atoms with E-state index in [0.29, 0.717) is 12.8 Å². The van der Waals surface area contributed by atoms with Gasteiger partial charge in [0.25, 0.3) is 0 Å². The summed E-state index contributed by atoms with van der Waals surface area (Å²) in [5.74, 6) is -0.280. The Morgan fingerprint density at radius 3 is 2.41 bits per heavy atom. The van der Waals surface area contributed by atoms with Gasteiger partial charge in [-0.25, -0.2) is 0 Å². The molecule has 1 aromatic rings. The summed E-state index contributed by atoms with van der Waals surface area (Å²) in [6.45, 7) is 3.99. The number of nitrogens with zero attached hydrogens (tertiary/aromatic N) is 1. The molecule has 0 radical (unpaired) electrons. The van der Waals surface area contributed by atoms with Gasteiger partial charge in [0, 0.05) is 6.42 Å². The zero-order valence-electron chi connectivity index (χ0n) is 10.7. The molecule has 0 aromatic heterocycles. The third kappa shape index (κ3) is 3.57. The Balaban J connectivity index is 2.85. The van der Waals surface area contributed by atoms with E-state index in [1.165, 1.54) is 0 Å². The lowest BCUT2D eigenvalue weighted by atomic mass is 9.79. The molecular formula is C15H21NO. The molecule has 0 bridgehead atoms. The molecule has 0 saturated heterocycles. The van der Waals surface area contributed by atoms with Crippen LogP contribution in [0.4, 0.5) is 0 Å². The van der Waals surface area contributed by atoms with Crippen molar-refractivity contribution in [3.05, 3.63) is 35.9 Å². The van der Waals surface area contributed by atoms with E-state index >= 15 is 0 Å². The zero-order chi connectivity index (χ0) is 12.7. The van der Waals surface area contributed by atoms with Crippen LogP contribution in [0, 0.1) is 17.2 Å². The van der Waals surface area contributed by atoms with Crippen LogP contribution < -0.4 is 0 Å². The highest BCUT2D eigenvalue weighted by Crippen LogP contribution is 2.29. The predicted molar refractivity (Wildman–Crippen MR) is 69.4 cm³/mol. The first-order chi connectivity index (χ1) is 8.16. The molecule has 1 aromatic carbocycles. The number of rotatable bonds is 6. The SMILES string of the molecule is CCCC(C#N)C(O)(CC)Cc1ccccc1. The van der Waals surface area contributed by atoms with Gasteiger partial charge < -0.3 is 5.11 Å². The highest BCUT2D eigenvalue weighted by atomic mass is 16.3. The van der Waals surface area contributed by atoms with Gasteiger partial charge in [-0.2, -0.15) is 5.26 Å². The van der Waals surface area contributed by atoms with Gasteiger partial charge in [0.2, 0.25) is 0 Å². The van der Waals surface area contributed by atoms with Gasteiger partial charge in [-0.05, 0) is 18.4 Å². The maximum Gasteiger partial charge on any atom is 0.0842 e. The number of hydrogen-bond donors (Lipinski definition) is 1. The summed E-state index contributed by atoms with van der Waals surface area (Å²) >= 11 is 0. The highest BCUT2D eigenvalue weighted by molar-refractivity contribution is 5.18. The normalized spacial score (nSPS) is 15.9. The molecule has 0 spiro atoms. The molecule has 0 fully saturated rings. The minimum absolute atomic E-state index is 0.280. The summed E-state index contributed by atoms with van der Waals surface area (Å²) in [7, 11) is 0. The molecule has 0 amide bonds. The molecular weight excluding hydrogens is 210 g/mol. The lowest BCUT2D eigenvalue weighted by Crippen LogP contribution is -2.39. The second kappa shape index (κ2) is 6.42. The molecule has 0 heterocycles. The van der Waals surface area contributed by atoms with E-state index in [2.05, 4.69) is 6.07 Å². The van der Waals surface area contributed by atoms with Gasteiger partial charge in [0.1, 0.15) is 0 Å². The molecule has 2 atom stereocenters. The van der Waals surface area contributed by atoms with Crippen molar-refractivity contribution in [3.8, 4) is 6.07 Å². The van der Waals surface area contributed by atoms with Crippen LogP contribution in [0.1, 0.15) is 38.7 Å². The third-order valence-electron chi connectivity index (χ3n) is 3.35. The topological polar surface area (TPSA) is 44.0 Å². The van der Waals surface area contributed by atoms with Crippen molar-refractivity contribution in [2.45, 2.75) is 45.1 Å². The first kappa shape index (κ1) is 13.7. The lowest BCUT2D eigenvalue weighted by molar-refractivity contribution is -0.00441. The van der Waals surface area contributed by atoms with E-state index in [1.807, 2.05) is 44.2 Å². The first-order valence-electron chi connectivity index (χ1n) is 6.32. The van der Waals surface area contributed by atoms with Crippen LogP contribution in [0.15, 0.2) is 30.3 Å². The van der Waals surface area contributed by atoms with E-state index in [4.69, 9.17) is 0 Å². The maximum atomic E-state index is 10.6. The van der Waals surface area contributed by atoms with Crippen molar-refractivity contribution in [2.24, 2.45) is 5.92 Å². The number of aliphatic hydroxyl groups is 1. The van der Waals surface area contributed by atoms with Crippen molar-refractivity contribution < 1.29 is 5.11 Å². The fourth-order valence-electron chi connectivity index (χ4n) is 2.19. The molecule has 17 heavy (non-hydrogen) atoms. The zero-order valence-corrected chi connectivity index (χ0v) is 10.7. The van der Waals surface area contributed by atoms with Crippen molar-refractivity contribution in [1.82, 2.24) is 0 Å². The Kier molecular flexibility index (Phi) is 5.18. The van der Waals surface area contributed by atoms with E-state index in [1.54, 1.807) is 0 Å². The number of nitriles is 1. The summed E-state index contributed by atoms with van der Waals surface area (Å²) in [5.41, 5.74) is 0.194. The van der Waals surface area contributed by atoms with E-state index < -0.39 is 5.60 Å². The largest absolute Gasteiger partial charge is 0.388 e. The Labute approximate surface area is 104 Å². The lowest BCUT2D eigenvalue weighted by Gasteiger charge is -2.31. The van der Waals surface area contributed by atoms with Crippen LogP contribution in [-0.4, -0.2) is 10.7 Å². The second-order valence-corrected chi connectivity index (χ2v) is 4.59. The molecule has 0 aliphatic heterocycles. The average molecular weight is 231 g/mol. The minimum Gasteiger partial charge on any atom is -0.388 e. The Bertz CT molecular complexity index is 368. The minimum atomic E-state index is -0.897. The molecule has 0 saturated carbocycles. The Morgan fingerprint density at radius 1 is 1.29 bits per heavy atom. The van der Waals surface area contributed by atoms with Gasteiger partial charge in [-0.3, -0.25) is 0 Å². The molecule has 2 unspecified atom stereocenters. The van der Waals surface area contributed by atoms with Crippen LogP contribution >= 0.6 is 0 Å². The predicted octanol–water partition coefficient (Wildman–Crippen LogP) is 3.31. The van der Waals surface area contributed by atoms with Crippen molar-refractivity contribution >= 4 is 0 Å². The maximum absolute atomic E-state index is 10.6. The number of hydrogen-bond acceptors (Lipinski definition) is 2. The van der Waals surface area contributed by atoms with Crippen LogP contribution in [0.5, 0.6) is 0 Å². The smallest absolute Gasteiger partial charge is 0.0842 e. The van der Waals surface area contributed by atoms with Gasteiger partial charge in [-0.1, -0.05) is 50.6 Å². The highest BCUT2D eigenvalue weighted by Gasteiger charge is 2.34. The van der Waals surface area contributed by atoms with Gasteiger partial charge in [0.15, 0.2) is 0 Å². The van der Waals surface area contributed by atoms with Crippen molar-refractivity contribution in [1.29, 1.82) is 5.26 Å². The molecule has 2 nitrogen and oxygen atoms in total. The Morgan fingerprint density at radius 2 is 1.94 bits per heavy atom. The van der Waals surface area contributed by atoms with Crippen LogP contribution in [0.2, 0.25) is 0 Å². The van der Waals surface area contributed by atoms with Gasteiger partial charge in [0.05, 0.1) is 17.6 Å². The van der Waals surface area contributed by atoms with Gasteiger partial charge >= 0.3 is 0 Å². The molecule has 1 rings (SSSR count). The quantitative estimate of drug-likeness (QED) is 0.816. The third-order valence-corrected chi connectivity index (χ3v) is 3.35. The summed E-state index contributed by atoms with van der Waals surface area (Å²) in [6, 6.07) is 12.2. The molecule has 1 N–H and O–H groups in total.